The highest BCUT2D eigenvalue weighted by Crippen LogP contribution is 2.13. The topological polar surface area (TPSA) is 44.5 Å². The lowest BCUT2D eigenvalue weighted by atomic mass is 10.2. The molecule has 20 heavy (non-hydrogen) atoms. The molecule has 0 spiro atoms. The number of hydrogen-bond acceptors (Lipinski definition) is 5. The molecule has 0 aromatic carbocycles. The molecule has 0 bridgehead atoms. The lowest BCUT2D eigenvalue weighted by Gasteiger charge is -2.38. The van der Waals surface area contributed by atoms with E-state index in [2.05, 4.69) is 47.1 Å². The molecule has 2 heterocycles. The summed E-state index contributed by atoms with van der Waals surface area (Å²) >= 11 is 0. The van der Waals surface area contributed by atoms with E-state index in [1.54, 1.807) is 0 Å². The Morgan fingerprint density at radius 3 is 2.95 bits per heavy atom. The van der Waals surface area contributed by atoms with Crippen molar-refractivity contribution in [2.24, 2.45) is 0 Å². The average Bonchev–Trinajstić information content (AvgIpc) is 2.87. The summed E-state index contributed by atoms with van der Waals surface area (Å²) in [5.74, 6) is 0.982. The Bertz CT molecular complexity index is 393. The van der Waals surface area contributed by atoms with Crippen LogP contribution in [0.3, 0.4) is 0 Å². The van der Waals surface area contributed by atoms with Gasteiger partial charge in [-0.15, -0.1) is 0 Å². The summed E-state index contributed by atoms with van der Waals surface area (Å²) in [4.78, 5) is 4.98. The standard InChI is InChI=1S/C15H28N4O/c1-4-6-16-10-14-9-15(20-17-14)12-18-7-8-19(5-2)13(3)11-18/h9,13,16H,4-8,10-12H2,1-3H3. The SMILES string of the molecule is CCCNCc1cc(CN2CCN(CC)C(C)C2)on1. The smallest absolute Gasteiger partial charge is 0.151 e. The van der Waals surface area contributed by atoms with E-state index >= 15 is 0 Å². The van der Waals surface area contributed by atoms with E-state index in [9.17, 15) is 0 Å². The molecule has 1 aromatic heterocycles. The second-order valence-electron chi connectivity index (χ2n) is 5.67. The van der Waals surface area contributed by atoms with Gasteiger partial charge < -0.3 is 9.84 Å². The van der Waals surface area contributed by atoms with Crippen LogP contribution in [0, 0.1) is 0 Å². The molecule has 114 valence electrons. The Labute approximate surface area is 122 Å². The van der Waals surface area contributed by atoms with Crippen LogP contribution in [-0.4, -0.2) is 53.7 Å². The second kappa shape index (κ2) is 7.76. The van der Waals surface area contributed by atoms with Crippen LogP contribution in [0.1, 0.15) is 38.6 Å². The summed E-state index contributed by atoms with van der Waals surface area (Å²) in [5.41, 5.74) is 1.01. The van der Waals surface area contributed by atoms with E-state index < -0.39 is 0 Å². The zero-order chi connectivity index (χ0) is 14.4. The summed E-state index contributed by atoms with van der Waals surface area (Å²) in [5, 5.41) is 7.48. The first kappa shape index (κ1) is 15.5. The van der Waals surface area contributed by atoms with Gasteiger partial charge in [-0.25, -0.2) is 0 Å². The molecule has 0 radical (unpaired) electrons. The molecule has 1 unspecified atom stereocenters. The van der Waals surface area contributed by atoms with Crippen molar-refractivity contribution in [3.63, 3.8) is 0 Å². The minimum atomic E-state index is 0.627. The minimum Gasteiger partial charge on any atom is -0.360 e. The summed E-state index contributed by atoms with van der Waals surface area (Å²) in [6.45, 7) is 13.9. The number of nitrogens with zero attached hydrogens (tertiary/aromatic N) is 3. The monoisotopic (exact) mass is 280 g/mol. The predicted molar refractivity (Wildman–Crippen MR) is 80.5 cm³/mol. The van der Waals surface area contributed by atoms with Crippen molar-refractivity contribution in [1.82, 2.24) is 20.3 Å². The van der Waals surface area contributed by atoms with Gasteiger partial charge in [0.1, 0.15) is 0 Å². The predicted octanol–water partition coefficient (Wildman–Crippen LogP) is 1.70. The third-order valence-electron chi connectivity index (χ3n) is 3.98. The van der Waals surface area contributed by atoms with E-state index in [1.165, 1.54) is 0 Å². The van der Waals surface area contributed by atoms with Crippen LogP contribution >= 0.6 is 0 Å². The molecule has 0 amide bonds. The minimum absolute atomic E-state index is 0.627. The number of aromatic nitrogens is 1. The van der Waals surface area contributed by atoms with Crippen molar-refractivity contribution in [1.29, 1.82) is 0 Å². The van der Waals surface area contributed by atoms with Crippen LogP contribution in [0.15, 0.2) is 10.6 Å². The molecule has 1 saturated heterocycles. The number of piperazine rings is 1. The normalized spacial score (nSPS) is 21.4. The molecule has 0 saturated carbocycles. The van der Waals surface area contributed by atoms with Crippen molar-refractivity contribution < 1.29 is 4.52 Å². The van der Waals surface area contributed by atoms with Crippen molar-refractivity contribution in [3.05, 3.63) is 17.5 Å². The fraction of sp³-hybridized carbons (Fsp3) is 0.800. The van der Waals surface area contributed by atoms with Crippen LogP contribution in [0.4, 0.5) is 0 Å². The fourth-order valence-electron chi connectivity index (χ4n) is 2.81. The van der Waals surface area contributed by atoms with Gasteiger partial charge in [0, 0.05) is 38.3 Å². The molecular weight excluding hydrogens is 252 g/mol. The maximum Gasteiger partial charge on any atom is 0.151 e. The molecule has 1 aromatic rings. The Morgan fingerprint density at radius 2 is 2.25 bits per heavy atom. The van der Waals surface area contributed by atoms with Gasteiger partial charge in [-0.3, -0.25) is 9.80 Å². The Balaban J connectivity index is 1.79. The van der Waals surface area contributed by atoms with Crippen molar-refractivity contribution in [2.45, 2.75) is 46.3 Å². The molecule has 1 N–H and O–H groups in total. The molecule has 1 fully saturated rings. The molecule has 2 rings (SSSR count). The van der Waals surface area contributed by atoms with Crippen LogP contribution < -0.4 is 5.32 Å². The number of likely N-dealkylation sites (N-methyl/N-ethyl adjacent to an activating group) is 1. The quantitative estimate of drug-likeness (QED) is 0.770. The fourth-order valence-corrected chi connectivity index (χ4v) is 2.81. The number of hydrogen-bond donors (Lipinski definition) is 1. The average molecular weight is 280 g/mol. The van der Waals surface area contributed by atoms with Gasteiger partial charge in [0.25, 0.3) is 0 Å². The molecular formula is C15H28N4O. The van der Waals surface area contributed by atoms with Gasteiger partial charge in [0.05, 0.1) is 12.2 Å². The Hall–Kier alpha value is -0.910. The van der Waals surface area contributed by atoms with E-state index in [0.29, 0.717) is 6.04 Å². The lowest BCUT2D eigenvalue weighted by Crippen LogP contribution is -2.51. The first-order valence-electron chi connectivity index (χ1n) is 7.84. The van der Waals surface area contributed by atoms with Crippen molar-refractivity contribution >= 4 is 0 Å². The summed E-state index contributed by atoms with van der Waals surface area (Å²) in [6, 6.07) is 2.71. The Morgan fingerprint density at radius 1 is 1.40 bits per heavy atom. The van der Waals surface area contributed by atoms with E-state index in [4.69, 9.17) is 4.52 Å². The third-order valence-corrected chi connectivity index (χ3v) is 3.98. The second-order valence-corrected chi connectivity index (χ2v) is 5.67. The van der Waals surface area contributed by atoms with Crippen molar-refractivity contribution in [2.75, 3.05) is 32.7 Å². The van der Waals surface area contributed by atoms with E-state index in [1.807, 2.05) is 0 Å². The maximum absolute atomic E-state index is 5.44. The van der Waals surface area contributed by atoms with Crippen LogP contribution in [-0.2, 0) is 13.1 Å². The zero-order valence-corrected chi connectivity index (χ0v) is 13.1. The van der Waals surface area contributed by atoms with Crippen LogP contribution in [0.25, 0.3) is 0 Å². The highest BCUT2D eigenvalue weighted by molar-refractivity contribution is 5.05. The summed E-state index contributed by atoms with van der Waals surface area (Å²) < 4.78 is 5.44. The van der Waals surface area contributed by atoms with Gasteiger partial charge in [-0.05, 0) is 26.4 Å². The van der Waals surface area contributed by atoms with Gasteiger partial charge in [-0.1, -0.05) is 19.0 Å². The number of rotatable bonds is 7. The van der Waals surface area contributed by atoms with Gasteiger partial charge in [0.15, 0.2) is 5.76 Å². The van der Waals surface area contributed by atoms with E-state index in [0.717, 1.165) is 63.7 Å². The zero-order valence-electron chi connectivity index (χ0n) is 13.1. The largest absolute Gasteiger partial charge is 0.360 e. The summed E-state index contributed by atoms with van der Waals surface area (Å²) in [7, 11) is 0. The first-order chi connectivity index (χ1) is 9.72. The molecule has 5 nitrogen and oxygen atoms in total. The molecule has 1 atom stereocenters. The highest BCUT2D eigenvalue weighted by atomic mass is 16.5. The first-order valence-corrected chi connectivity index (χ1v) is 7.84. The maximum atomic E-state index is 5.44. The van der Waals surface area contributed by atoms with Gasteiger partial charge in [-0.2, -0.15) is 0 Å². The number of nitrogens with one attached hydrogen (secondary N) is 1. The third kappa shape index (κ3) is 4.30. The van der Waals surface area contributed by atoms with Crippen LogP contribution in [0.2, 0.25) is 0 Å². The summed E-state index contributed by atoms with van der Waals surface area (Å²) in [6.07, 6.45) is 1.14. The molecule has 1 aliphatic rings. The highest BCUT2D eigenvalue weighted by Gasteiger charge is 2.23. The lowest BCUT2D eigenvalue weighted by molar-refractivity contribution is 0.0774. The van der Waals surface area contributed by atoms with Gasteiger partial charge >= 0.3 is 0 Å². The van der Waals surface area contributed by atoms with Gasteiger partial charge in [0.2, 0.25) is 0 Å². The molecule has 0 aliphatic carbocycles. The van der Waals surface area contributed by atoms with E-state index in [-0.39, 0.29) is 0 Å². The molecule has 5 heteroatoms. The molecule has 1 aliphatic heterocycles. The van der Waals surface area contributed by atoms with Crippen molar-refractivity contribution in [3.8, 4) is 0 Å². The van der Waals surface area contributed by atoms with Crippen LogP contribution in [0.5, 0.6) is 0 Å². The Kier molecular flexibility index (Phi) is 6.01.